The first-order valence-electron chi connectivity index (χ1n) is 9.02. The van der Waals surface area contributed by atoms with Crippen molar-refractivity contribution >= 4 is 17.5 Å². The molecule has 28 heavy (non-hydrogen) atoms. The van der Waals surface area contributed by atoms with Crippen LogP contribution < -0.4 is 15.5 Å². The Morgan fingerprint density at radius 3 is 2.68 bits per heavy atom. The van der Waals surface area contributed by atoms with E-state index >= 15 is 0 Å². The standard InChI is InChI=1S/C21H22N6O/c1-15-25-27(14-26(15)13-16-4-3-5-19(12-16)28-2)18-8-6-17(7-9-18)20-10-11-23-21(22)24-20/h3-12H,13-14H2,1-2H3,(H2,22,23,24). The van der Waals surface area contributed by atoms with E-state index in [1.807, 2.05) is 54.4 Å². The van der Waals surface area contributed by atoms with Gasteiger partial charge in [0.15, 0.2) is 0 Å². The van der Waals surface area contributed by atoms with Crippen LogP contribution in [0.1, 0.15) is 12.5 Å². The zero-order valence-electron chi connectivity index (χ0n) is 15.9. The summed E-state index contributed by atoms with van der Waals surface area (Å²) in [5.74, 6) is 2.12. The molecule has 2 N–H and O–H groups in total. The van der Waals surface area contributed by atoms with Crippen LogP contribution in [0.5, 0.6) is 5.75 Å². The van der Waals surface area contributed by atoms with Crippen LogP contribution in [0.15, 0.2) is 65.9 Å². The van der Waals surface area contributed by atoms with Crippen LogP contribution in [-0.4, -0.2) is 34.5 Å². The van der Waals surface area contributed by atoms with Gasteiger partial charge in [-0.05, 0) is 42.8 Å². The van der Waals surface area contributed by atoms with Crippen molar-refractivity contribution in [1.82, 2.24) is 14.9 Å². The van der Waals surface area contributed by atoms with Crippen LogP contribution in [0, 0.1) is 0 Å². The molecule has 0 atom stereocenters. The summed E-state index contributed by atoms with van der Waals surface area (Å²) in [5, 5.41) is 6.69. The lowest BCUT2D eigenvalue weighted by Crippen LogP contribution is -2.29. The zero-order chi connectivity index (χ0) is 19.5. The van der Waals surface area contributed by atoms with Gasteiger partial charge in [0.25, 0.3) is 0 Å². The summed E-state index contributed by atoms with van der Waals surface area (Å²) in [6, 6.07) is 18.1. The molecule has 0 saturated heterocycles. The maximum absolute atomic E-state index is 5.68. The Kier molecular flexibility index (Phi) is 4.80. The molecule has 0 fully saturated rings. The van der Waals surface area contributed by atoms with Crippen molar-refractivity contribution in [2.75, 3.05) is 24.5 Å². The summed E-state index contributed by atoms with van der Waals surface area (Å²) in [7, 11) is 1.68. The number of nitrogen functional groups attached to an aromatic ring is 1. The quantitative estimate of drug-likeness (QED) is 0.738. The van der Waals surface area contributed by atoms with Crippen molar-refractivity contribution in [2.24, 2.45) is 5.10 Å². The summed E-state index contributed by atoms with van der Waals surface area (Å²) in [6.07, 6.45) is 1.66. The molecule has 7 nitrogen and oxygen atoms in total. The molecule has 0 aliphatic carbocycles. The summed E-state index contributed by atoms with van der Waals surface area (Å²) < 4.78 is 5.32. The van der Waals surface area contributed by atoms with Gasteiger partial charge in [-0.2, -0.15) is 5.10 Å². The number of ether oxygens (including phenoxy) is 1. The molecule has 1 aliphatic heterocycles. The van der Waals surface area contributed by atoms with Gasteiger partial charge in [-0.3, -0.25) is 0 Å². The molecule has 1 aliphatic rings. The van der Waals surface area contributed by atoms with E-state index in [1.54, 1.807) is 13.3 Å². The number of anilines is 2. The van der Waals surface area contributed by atoms with Crippen molar-refractivity contribution in [3.63, 3.8) is 0 Å². The van der Waals surface area contributed by atoms with Crippen molar-refractivity contribution in [1.29, 1.82) is 0 Å². The minimum Gasteiger partial charge on any atom is -0.497 e. The Bertz CT molecular complexity index is 1000. The van der Waals surface area contributed by atoms with Crippen LogP contribution in [0.3, 0.4) is 0 Å². The fourth-order valence-electron chi connectivity index (χ4n) is 3.17. The van der Waals surface area contributed by atoms with Crippen molar-refractivity contribution in [3.8, 4) is 17.0 Å². The first kappa shape index (κ1) is 17.8. The number of rotatable bonds is 5. The maximum Gasteiger partial charge on any atom is 0.220 e. The van der Waals surface area contributed by atoms with Crippen molar-refractivity contribution in [2.45, 2.75) is 13.5 Å². The number of hydrogen-bond acceptors (Lipinski definition) is 7. The molecule has 4 rings (SSSR count). The van der Waals surface area contributed by atoms with E-state index in [0.29, 0.717) is 6.67 Å². The highest BCUT2D eigenvalue weighted by molar-refractivity contribution is 5.83. The third-order valence-corrected chi connectivity index (χ3v) is 4.67. The van der Waals surface area contributed by atoms with E-state index in [2.05, 4.69) is 27.0 Å². The van der Waals surface area contributed by atoms with Crippen LogP contribution in [0.25, 0.3) is 11.3 Å². The minimum atomic E-state index is 0.273. The molecular weight excluding hydrogens is 352 g/mol. The predicted octanol–water partition coefficient (Wildman–Crippen LogP) is 3.35. The summed E-state index contributed by atoms with van der Waals surface area (Å²) in [5.41, 5.74) is 9.69. The highest BCUT2D eigenvalue weighted by atomic mass is 16.5. The molecule has 1 aromatic heterocycles. The van der Waals surface area contributed by atoms with E-state index in [9.17, 15) is 0 Å². The monoisotopic (exact) mass is 374 g/mol. The van der Waals surface area contributed by atoms with E-state index in [0.717, 1.165) is 35.1 Å². The molecule has 7 heteroatoms. The highest BCUT2D eigenvalue weighted by Crippen LogP contribution is 2.25. The number of benzene rings is 2. The Labute approximate surface area is 164 Å². The summed E-state index contributed by atoms with van der Waals surface area (Å²) in [6.45, 7) is 3.50. The molecule has 0 bridgehead atoms. The van der Waals surface area contributed by atoms with E-state index in [4.69, 9.17) is 15.6 Å². The molecule has 3 aromatic rings. The minimum absolute atomic E-state index is 0.273. The van der Waals surface area contributed by atoms with Crippen LogP contribution in [0.4, 0.5) is 11.6 Å². The summed E-state index contributed by atoms with van der Waals surface area (Å²) in [4.78, 5) is 10.4. The fourth-order valence-corrected chi connectivity index (χ4v) is 3.17. The summed E-state index contributed by atoms with van der Waals surface area (Å²) >= 11 is 0. The third kappa shape index (κ3) is 3.73. The lowest BCUT2D eigenvalue weighted by Gasteiger charge is -2.21. The first-order chi connectivity index (χ1) is 13.6. The molecule has 0 saturated carbocycles. The van der Waals surface area contributed by atoms with E-state index < -0.39 is 0 Å². The van der Waals surface area contributed by atoms with Gasteiger partial charge in [-0.25, -0.2) is 15.0 Å². The third-order valence-electron chi connectivity index (χ3n) is 4.67. The number of hydrogen-bond donors (Lipinski definition) is 1. The van der Waals surface area contributed by atoms with Crippen LogP contribution in [0.2, 0.25) is 0 Å². The van der Waals surface area contributed by atoms with Gasteiger partial charge in [-0.15, -0.1) is 0 Å². The van der Waals surface area contributed by atoms with Crippen LogP contribution in [-0.2, 0) is 6.54 Å². The topological polar surface area (TPSA) is 79.9 Å². The van der Waals surface area contributed by atoms with Gasteiger partial charge in [-0.1, -0.05) is 24.3 Å². The van der Waals surface area contributed by atoms with Gasteiger partial charge in [0.05, 0.1) is 18.5 Å². The van der Waals surface area contributed by atoms with Gasteiger partial charge < -0.3 is 15.4 Å². The number of hydrazone groups is 1. The average molecular weight is 374 g/mol. The fraction of sp³-hybridized carbons (Fsp3) is 0.190. The second-order valence-corrected chi connectivity index (χ2v) is 6.58. The van der Waals surface area contributed by atoms with E-state index in [1.165, 1.54) is 5.56 Å². The Balaban J connectivity index is 1.47. The Morgan fingerprint density at radius 1 is 1.11 bits per heavy atom. The van der Waals surface area contributed by atoms with Gasteiger partial charge in [0.1, 0.15) is 18.3 Å². The molecule has 0 radical (unpaired) electrons. The second kappa shape index (κ2) is 7.56. The first-order valence-corrected chi connectivity index (χ1v) is 9.02. The molecule has 0 spiro atoms. The van der Waals surface area contributed by atoms with Gasteiger partial charge in [0, 0.05) is 18.3 Å². The lowest BCUT2D eigenvalue weighted by atomic mass is 10.1. The second-order valence-electron chi connectivity index (χ2n) is 6.58. The lowest BCUT2D eigenvalue weighted by molar-refractivity contribution is 0.410. The number of methoxy groups -OCH3 is 1. The molecule has 0 amide bonds. The smallest absolute Gasteiger partial charge is 0.220 e. The zero-order valence-corrected chi connectivity index (χ0v) is 15.9. The van der Waals surface area contributed by atoms with Crippen molar-refractivity contribution in [3.05, 3.63) is 66.4 Å². The van der Waals surface area contributed by atoms with Gasteiger partial charge >= 0.3 is 0 Å². The maximum atomic E-state index is 5.68. The van der Waals surface area contributed by atoms with E-state index in [-0.39, 0.29) is 5.95 Å². The van der Waals surface area contributed by atoms with Crippen LogP contribution >= 0.6 is 0 Å². The Morgan fingerprint density at radius 2 is 1.93 bits per heavy atom. The van der Waals surface area contributed by atoms with Gasteiger partial charge in [0.2, 0.25) is 5.95 Å². The predicted molar refractivity (Wildman–Crippen MR) is 111 cm³/mol. The highest BCUT2D eigenvalue weighted by Gasteiger charge is 2.21. The molecular formula is C21H22N6O. The molecule has 0 unspecified atom stereocenters. The SMILES string of the molecule is COc1cccc(CN2CN(c3ccc(-c4ccnc(N)n4)cc3)N=C2C)c1. The van der Waals surface area contributed by atoms with Crippen molar-refractivity contribution < 1.29 is 4.74 Å². The number of nitrogens with zero attached hydrogens (tertiary/aromatic N) is 5. The largest absolute Gasteiger partial charge is 0.497 e. The number of nitrogens with two attached hydrogens (primary N) is 1. The average Bonchev–Trinajstić information content (AvgIpc) is 3.08. The molecule has 2 heterocycles. The molecule has 142 valence electrons. The Hall–Kier alpha value is -3.61. The number of amidine groups is 1. The molecule has 2 aromatic carbocycles. The number of aromatic nitrogens is 2. The normalized spacial score (nSPS) is 13.6.